The lowest BCUT2D eigenvalue weighted by atomic mass is 9.96. The van der Waals surface area contributed by atoms with Crippen molar-refractivity contribution in [3.05, 3.63) is 41.5 Å². The number of carbonyl (C=O) groups excluding carboxylic acids is 3. The van der Waals surface area contributed by atoms with Gasteiger partial charge in [0.15, 0.2) is 6.61 Å². The average molecular weight is 344 g/mol. The van der Waals surface area contributed by atoms with E-state index in [2.05, 4.69) is 10.6 Å². The van der Waals surface area contributed by atoms with E-state index in [1.807, 2.05) is 31.2 Å². The van der Waals surface area contributed by atoms with Crippen LogP contribution < -0.4 is 10.6 Å². The lowest BCUT2D eigenvalue weighted by molar-refractivity contribution is -0.143. The van der Waals surface area contributed by atoms with Crippen LogP contribution in [0, 0.1) is 6.92 Å². The van der Waals surface area contributed by atoms with Gasteiger partial charge in [-0.1, -0.05) is 49.1 Å². The number of hydrogen-bond donors (Lipinski definition) is 2. The quantitative estimate of drug-likeness (QED) is 0.635. The van der Waals surface area contributed by atoms with E-state index < -0.39 is 24.5 Å². The van der Waals surface area contributed by atoms with Crippen LogP contribution in [0.5, 0.6) is 0 Å². The number of benzene rings is 1. The molecular weight excluding hydrogens is 320 g/mol. The summed E-state index contributed by atoms with van der Waals surface area (Å²) in [5.74, 6) is -1.28. The topological polar surface area (TPSA) is 84.5 Å². The Hall–Kier alpha value is -2.63. The van der Waals surface area contributed by atoms with E-state index in [1.165, 1.54) is 12.5 Å². The summed E-state index contributed by atoms with van der Waals surface area (Å²) in [5.41, 5.74) is 1.99. The average Bonchev–Trinajstić information content (AvgIpc) is 2.60. The minimum Gasteiger partial charge on any atom is -0.452 e. The third-order valence-corrected chi connectivity index (χ3v) is 4.03. The van der Waals surface area contributed by atoms with Crippen LogP contribution in [-0.2, 0) is 14.3 Å². The number of amides is 3. The van der Waals surface area contributed by atoms with Gasteiger partial charge in [0.05, 0.1) is 0 Å². The first-order valence-electron chi connectivity index (χ1n) is 8.55. The van der Waals surface area contributed by atoms with Crippen molar-refractivity contribution in [2.24, 2.45) is 0 Å². The highest BCUT2D eigenvalue weighted by atomic mass is 16.5. The number of urea groups is 1. The lowest BCUT2D eigenvalue weighted by Gasteiger charge is -2.22. The van der Waals surface area contributed by atoms with E-state index in [0.29, 0.717) is 0 Å². The first-order valence-corrected chi connectivity index (χ1v) is 8.55. The van der Waals surface area contributed by atoms with Gasteiger partial charge >= 0.3 is 12.0 Å². The van der Waals surface area contributed by atoms with Crippen molar-refractivity contribution in [1.29, 1.82) is 0 Å². The van der Waals surface area contributed by atoms with E-state index in [9.17, 15) is 14.4 Å². The molecule has 1 fully saturated rings. The van der Waals surface area contributed by atoms with E-state index >= 15 is 0 Å². The first-order chi connectivity index (χ1) is 12.0. The second-order valence-corrected chi connectivity index (χ2v) is 6.21. The highest BCUT2D eigenvalue weighted by Crippen LogP contribution is 2.17. The number of esters is 1. The summed E-state index contributed by atoms with van der Waals surface area (Å²) in [4.78, 5) is 34.9. The SMILES string of the molecule is Cc1ccc(/C=C/C(=O)OCC(=O)NC(=O)NC2CCCCC2)cc1. The second kappa shape index (κ2) is 9.61. The molecule has 1 aliphatic carbocycles. The molecule has 0 saturated heterocycles. The number of nitrogens with one attached hydrogen (secondary N) is 2. The van der Waals surface area contributed by atoms with Gasteiger partial charge in [0, 0.05) is 12.1 Å². The molecule has 2 N–H and O–H groups in total. The van der Waals surface area contributed by atoms with Crippen LogP contribution >= 0.6 is 0 Å². The van der Waals surface area contributed by atoms with Gasteiger partial charge in [-0.15, -0.1) is 0 Å². The van der Waals surface area contributed by atoms with Crippen molar-refractivity contribution in [2.75, 3.05) is 6.61 Å². The monoisotopic (exact) mass is 344 g/mol. The molecule has 0 spiro atoms. The van der Waals surface area contributed by atoms with Crippen molar-refractivity contribution in [3.63, 3.8) is 0 Å². The Morgan fingerprint density at radius 3 is 2.48 bits per heavy atom. The van der Waals surface area contributed by atoms with Gasteiger partial charge in [-0.25, -0.2) is 9.59 Å². The van der Waals surface area contributed by atoms with Crippen molar-refractivity contribution < 1.29 is 19.1 Å². The van der Waals surface area contributed by atoms with Gasteiger partial charge in [-0.05, 0) is 31.4 Å². The highest BCUT2D eigenvalue weighted by molar-refractivity contribution is 5.96. The van der Waals surface area contributed by atoms with E-state index in [4.69, 9.17) is 4.74 Å². The summed E-state index contributed by atoms with van der Waals surface area (Å²) in [6, 6.07) is 7.19. The van der Waals surface area contributed by atoms with E-state index in [-0.39, 0.29) is 6.04 Å². The predicted octanol–water partition coefficient (Wildman–Crippen LogP) is 2.71. The molecule has 0 unspecified atom stereocenters. The molecule has 25 heavy (non-hydrogen) atoms. The number of carbonyl (C=O) groups is 3. The minimum atomic E-state index is -0.648. The second-order valence-electron chi connectivity index (χ2n) is 6.21. The van der Waals surface area contributed by atoms with Crippen LogP contribution in [0.4, 0.5) is 4.79 Å². The smallest absolute Gasteiger partial charge is 0.331 e. The summed E-state index contributed by atoms with van der Waals surface area (Å²) in [6.07, 6.45) is 8.08. The molecule has 1 saturated carbocycles. The molecule has 3 amide bonds. The normalized spacial score (nSPS) is 14.9. The fraction of sp³-hybridized carbons (Fsp3) is 0.421. The first kappa shape index (κ1) is 18.7. The molecule has 6 nitrogen and oxygen atoms in total. The number of ether oxygens (including phenoxy) is 1. The van der Waals surface area contributed by atoms with Gasteiger partial charge in [-0.2, -0.15) is 0 Å². The molecule has 1 aromatic rings. The lowest BCUT2D eigenvalue weighted by Crippen LogP contribution is -2.46. The molecule has 0 aromatic heterocycles. The standard InChI is InChI=1S/C19H24N2O4/c1-14-7-9-15(10-8-14)11-12-18(23)25-13-17(22)21-19(24)20-16-5-3-2-4-6-16/h7-12,16H,2-6,13H2,1H3,(H2,20,21,22,24)/b12-11+. The number of hydrogen-bond acceptors (Lipinski definition) is 4. The third-order valence-electron chi connectivity index (χ3n) is 4.03. The van der Waals surface area contributed by atoms with Crippen molar-refractivity contribution >= 4 is 24.0 Å². The van der Waals surface area contributed by atoms with Gasteiger partial charge < -0.3 is 10.1 Å². The predicted molar refractivity (Wildman–Crippen MR) is 94.7 cm³/mol. The van der Waals surface area contributed by atoms with Crippen LogP contribution in [0.2, 0.25) is 0 Å². The van der Waals surface area contributed by atoms with Gasteiger partial charge in [0.25, 0.3) is 5.91 Å². The molecule has 2 rings (SSSR count). The molecule has 0 aliphatic heterocycles. The maximum Gasteiger partial charge on any atom is 0.331 e. The number of imide groups is 1. The minimum absolute atomic E-state index is 0.113. The fourth-order valence-electron chi connectivity index (χ4n) is 2.66. The molecule has 134 valence electrons. The Morgan fingerprint density at radius 2 is 1.80 bits per heavy atom. The fourth-order valence-corrected chi connectivity index (χ4v) is 2.66. The summed E-state index contributed by atoms with van der Waals surface area (Å²) in [5, 5.41) is 4.94. The van der Waals surface area contributed by atoms with Gasteiger partial charge in [-0.3, -0.25) is 10.1 Å². The summed E-state index contributed by atoms with van der Waals surface area (Å²) < 4.78 is 4.82. The highest BCUT2D eigenvalue weighted by Gasteiger charge is 2.17. The summed E-state index contributed by atoms with van der Waals surface area (Å²) >= 11 is 0. The van der Waals surface area contributed by atoms with Crippen molar-refractivity contribution in [3.8, 4) is 0 Å². The van der Waals surface area contributed by atoms with Gasteiger partial charge in [0.1, 0.15) is 0 Å². The summed E-state index contributed by atoms with van der Waals surface area (Å²) in [7, 11) is 0. The molecule has 0 radical (unpaired) electrons. The van der Waals surface area contributed by atoms with Crippen LogP contribution in [-0.4, -0.2) is 30.6 Å². The Bertz CT molecular complexity index is 631. The summed E-state index contributed by atoms with van der Waals surface area (Å²) in [6.45, 7) is 1.49. The van der Waals surface area contributed by atoms with Crippen LogP contribution in [0.15, 0.2) is 30.3 Å². The Morgan fingerprint density at radius 1 is 1.12 bits per heavy atom. The van der Waals surface area contributed by atoms with Crippen LogP contribution in [0.25, 0.3) is 6.08 Å². The molecule has 1 aliphatic rings. The van der Waals surface area contributed by atoms with E-state index in [0.717, 1.165) is 36.8 Å². The molecule has 0 atom stereocenters. The van der Waals surface area contributed by atoms with Crippen molar-refractivity contribution in [1.82, 2.24) is 10.6 Å². The van der Waals surface area contributed by atoms with E-state index in [1.54, 1.807) is 6.08 Å². The van der Waals surface area contributed by atoms with Crippen LogP contribution in [0.1, 0.15) is 43.2 Å². The van der Waals surface area contributed by atoms with Gasteiger partial charge in [0.2, 0.25) is 0 Å². The zero-order chi connectivity index (χ0) is 18.1. The molecule has 6 heteroatoms. The Labute approximate surface area is 147 Å². The Kier molecular flexibility index (Phi) is 7.19. The zero-order valence-corrected chi connectivity index (χ0v) is 14.4. The third kappa shape index (κ3) is 7.20. The maximum absolute atomic E-state index is 11.7. The maximum atomic E-state index is 11.7. The Balaban J connectivity index is 1.67. The van der Waals surface area contributed by atoms with Crippen LogP contribution in [0.3, 0.4) is 0 Å². The number of aryl methyl sites for hydroxylation is 1. The molecule has 1 aromatic carbocycles. The number of rotatable bonds is 5. The largest absolute Gasteiger partial charge is 0.452 e. The molecule has 0 bridgehead atoms. The molecule has 0 heterocycles. The molecular formula is C19H24N2O4. The van der Waals surface area contributed by atoms with Crippen molar-refractivity contribution in [2.45, 2.75) is 45.1 Å². The zero-order valence-electron chi connectivity index (χ0n) is 14.4.